The zero-order chi connectivity index (χ0) is 16.0. The number of benzene rings is 1. The Morgan fingerprint density at radius 3 is 2.38 bits per heavy atom. The summed E-state index contributed by atoms with van der Waals surface area (Å²) in [4.78, 5) is 0. The summed E-state index contributed by atoms with van der Waals surface area (Å²) in [6, 6.07) is 6.01. The molecule has 1 N–H and O–H groups in total. The van der Waals surface area contributed by atoms with E-state index in [9.17, 15) is 0 Å². The molecule has 2 atom stereocenters. The number of halogens is 1. The number of hydrogen-bond donors (Lipinski definition) is 1. The smallest absolute Gasteiger partial charge is 0.137 e. The van der Waals surface area contributed by atoms with Crippen LogP contribution >= 0.6 is 11.6 Å². The highest BCUT2D eigenvalue weighted by Gasteiger charge is 2.33. The van der Waals surface area contributed by atoms with Crippen molar-refractivity contribution in [2.24, 2.45) is 5.41 Å². The van der Waals surface area contributed by atoms with Crippen molar-refractivity contribution in [3.8, 4) is 5.75 Å². The van der Waals surface area contributed by atoms with Gasteiger partial charge in [-0.1, -0.05) is 45.4 Å². The highest BCUT2D eigenvalue weighted by molar-refractivity contribution is 6.32. The van der Waals surface area contributed by atoms with Crippen molar-refractivity contribution in [2.75, 3.05) is 20.3 Å². The fourth-order valence-corrected chi connectivity index (χ4v) is 2.71. The third-order valence-electron chi connectivity index (χ3n) is 3.46. The van der Waals surface area contributed by atoms with Crippen LogP contribution in [0.15, 0.2) is 18.2 Å². The van der Waals surface area contributed by atoms with Gasteiger partial charge in [-0.05, 0) is 36.6 Å². The lowest BCUT2D eigenvalue weighted by atomic mass is 9.82. The molecule has 120 valence electrons. The van der Waals surface area contributed by atoms with Crippen molar-refractivity contribution in [3.63, 3.8) is 0 Å². The van der Waals surface area contributed by atoms with Gasteiger partial charge in [-0.2, -0.15) is 0 Å². The predicted molar refractivity (Wildman–Crippen MR) is 89.3 cm³/mol. The fourth-order valence-electron chi connectivity index (χ4n) is 2.52. The normalized spacial score (nSPS) is 14.8. The van der Waals surface area contributed by atoms with Gasteiger partial charge in [0.2, 0.25) is 0 Å². The molecule has 2 unspecified atom stereocenters. The minimum Gasteiger partial charge on any atom is -0.495 e. The summed E-state index contributed by atoms with van der Waals surface area (Å²) < 4.78 is 11.4. The quantitative estimate of drug-likeness (QED) is 0.806. The lowest BCUT2D eigenvalue weighted by molar-refractivity contribution is -0.0363. The van der Waals surface area contributed by atoms with E-state index in [4.69, 9.17) is 21.1 Å². The first-order chi connectivity index (χ1) is 9.85. The van der Waals surface area contributed by atoms with Gasteiger partial charge in [-0.25, -0.2) is 0 Å². The molecule has 0 spiro atoms. The van der Waals surface area contributed by atoms with Gasteiger partial charge in [-0.15, -0.1) is 0 Å². The fraction of sp³-hybridized carbons (Fsp3) is 0.647. The molecule has 0 aliphatic carbocycles. The zero-order valence-corrected chi connectivity index (χ0v) is 14.8. The minimum atomic E-state index is 0.0235. The maximum absolute atomic E-state index is 6.13. The molecule has 0 radical (unpaired) electrons. The highest BCUT2D eigenvalue weighted by Crippen LogP contribution is 2.35. The number of nitrogens with one attached hydrogen (secondary N) is 1. The summed E-state index contributed by atoms with van der Waals surface area (Å²) in [7, 11) is 1.64. The molecule has 0 amide bonds. The van der Waals surface area contributed by atoms with E-state index in [1.807, 2.05) is 25.1 Å². The summed E-state index contributed by atoms with van der Waals surface area (Å²) in [6.07, 6.45) is 0.0633. The molecule has 0 saturated carbocycles. The van der Waals surface area contributed by atoms with Crippen LogP contribution in [-0.4, -0.2) is 26.4 Å². The second-order valence-corrected chi connectivity index (χ2v) is 6.58. The second kappa shape index (κ2) is 8.02. The van der Waals surface area contributed by atoms with Gasteiger partial charge in [0, 0.05) is 6.61 Å². The molecule has 0 aliphatic heterocycles. The first kappa shape index (κ1) is 18.3. The molecule has 4 heteroatoms. The molecule has 0 saturated heterocycles. The largest absolute Gasteiger partial charge is 0.495 e. The van der Waals surface area contributed by atoms with Crippen molar-refractivity contribution in [3.05, 3.63) is 28.8 Å². The van der Waals surface area contributed by atoms with E-state index >= 15 is 0 Å². The zero-order valence-electron chi connectivity index (χ0n) is 14.0. The van der Waals surface area contributed by atoms with Crippen LogP contribution in [-0.2, 0) is 4.74 Å². The van der Waals surface area contributed by atoms with Gasteiger partial charge in [0.05, 0.1) is 24.3 Å². The van der Waals surface area contributed by atoms with Gasteiger partial charge in [-0.3, -0.25) is 0 Å². The molecule has 3 nitrogen and oxygen atoms in total. The first-order valence-electron chi connectivity index (χ1n) is 7.53. The van der Waals surface area contributed by atoms with Crippen molar-refractivity contribution in [1.29, 1.82) is 0 Å². The van der Waals surface area contributed by atoms with Gasteiger partial charge < -0.3 is 14.8 Å². The molecular formula is C17H28ClNO2. The van der Waals surface area contributed by atoms with E-state index in [2.05, 4.69) is 33.0 Å². The van der Waals surface area contributed by atoms with Gasteiger partial charge in [0.15, 0.2) is 0 Å². The average molecular weight is 314 g/mol. The molecule has 0 heterocycles. The highest BCUT2D eigenvalue weighted by atomic mass is 35.5. The number of likely N-dealkylation sites (N-methyl/N-ethyl adjacent to an activating group) is 1. The predicted octanol–water partition coefficient (Wildman–Crippen LogP) is 4.45. The van der Waals surface area contributed by atoms with E-state index in [0.29, 0.717) is 17.4 Å². The molecule has 1 aromatic rings. The minimum absolute atomic E-state index is 0.0235. The topological polar surface area (TPSA) is 30.5 Å². The van der Waals surface area contributed by atoms with Crippen molar-refractivity contribution < 1.29 is 9.47 Å². The molecule has 0 bridgehead atoms. The SMILES string of the molecule is CCNC(c1ccc(Cl)c(OC)c1)C(OCC)C(C)(C)C. The molecule has 21 heavy (non-hydrogen) atoms. The van der Waals surface area contributed by atoms with Crippen LogP contribution in [0.2, 0.25) is 5.02 Å². The molecule has 0 fully saturated rings. The van der Waals surface area contributed by atoms with E-state index in [1.54, 1.807) is 7.11 Å². The standard InChI is InChI=1S/C17H28ClNO2/c1-7-19-15(16(21-8-2)17(3,4)5)12-9-10-13(18)14(11-12)20-6/h9-11,15-16,19H,7-8H2,1-6H3. The van der Waals surface area contributed by atoms with Crippen molar-refractivity contribution >= 4 is 11.6 Å². The van der Waals surface area contributed by atoms with Gasteiger partial charge in [0.1, 0.15) is 5.75 Å². The number of ether oxygens (including phenoxy) is 2. The van der Waals surface area contributed by atoms with Gasteiger partial charge in [0.25, 0.3) is 0 Å². The van der Waals surface area contributed by atoms with E-state index in [0.717, 1.165) is 12.1 Å². The summed E-state index contributed by atoms with van der Waals surface area (Å²) in [6.45, 7) is 12.3. The monoisotopic (exact) mass is 313 g/mol. The average Bonchev–Trinajstić information content (AvgIpc) is 2.42. The third kappa shape index (κ3) is 4.87. The summed E-state index contributed by atoms with van der Waals surface area (Å²) in [5, 5.41) is 4.16. The maximum Gasteiger partial charge on any atom is 0.137 e. The molecule has 0 aliphatic rings. The van der Waals surface area contributed by atoms with E-state index < -0.39 is 0 Å². The van der Waals surface area contributed by atoms with Crippen LogP contribution in [0, 0.1) is 5.41 Å². The van der Waals surface area contributed by atoms with Crippen LogP contribution in [0.4, 0.5) is 0 Å². The van der Waals surface area contributed by atoms with Crippen LogP contribution in [0.3, 0.4) is 0 Å². The van der Waals surface area contributed by atoms with Crippen molar-refractivity contribution in [2.45, 2.75) is 46.8 Å². The first-order valence-corrected chi connectivity index (χ1v) is 7.91. The Balaban J connectivity index is 3.20. The Hall–Kier alpha value is -0.770. The lowest BCUT2D eigenvalue weighted by Gasteiger charge is -2.37. The van der Waals surface area contributed by atoms with E-state index in [-0.39, 0.29) is 17.6 Å². The molecule has 1 rings (SSSR count). The summed E-state index contributed by atoms with van der Waals surface area (Å²) >= 11 is 6.13. The maximum atomic E-state index is 6.13. The van der Waals surface area contributed by atoms with Crippen LogP contribution in [0.25, 0.3) is 0 Å². The Labute approximate surface area is 134 Å². The van der Waals surface area contributed by atoms with Crippen LogP contribution < -0.4 is 10.1 Å². The number of rotatable bonds is 7. The molecule has 1 aromatic carbocycles. The summed E-state index contributed by atoms with van der Waals surface area (Å²) in [5.41, 5.74) is 1.15. The summed E-state index contributed by atoms with van der Waals surface area (Å²) in [5.74, 6) is 0.696. The van der Waals surface area contributed by atoms with E-state index in [1.165, 1.54) is 0 Å². The molecular weight excluding hydrogens is 286 g/mol. The molecule has 0 aromatic heterocycles. The Bertz CT molecular complexity index is 443. The number of methoxy groups -OCH3 is 1. The Morgan fingerprint density at radius 2 is 1.90 bits per heavy atom. The Kier molecular flexibility index (Phi) is 6.98. The van der Waals surface area contributed by atoms with Crippen molar-refractivity contribution in [1.82, 2.24) is 5.32 Å². The van der Waals surface area contributed by atoms with Gasteiger partial charge >= 0.3 is 0 Å². The van der Waals surface area contributed by atoms with Crippen LogP contribution in [0.1, 0.15) is 46.2 Å². The number of hydrogen-bond acceptors (Lipinski definition) is 3. The Morgan fingerprint density at radius 1 is 1.24 bits per heavy atom. The third-order valence-corrected chi connectivity index (χ3v) is 3.77. The van der Waals surface area contributed by atoms with Crippen LogP contribution in [0.5, 0.6) is 5.75 Å². The lowest BCUT2D eigenvalue weighted by Crippen LogP contribution is -2.42. The second-order valence-electron chi connectivity index (χ2n) is 6.17.